The van der Waals surface area contributed by atoms with Crippen LogP contribution >= 0.6 is 23.2 Å². The van der Waals surface area contributed by atoms with Crippen molar-refractivity contribution < 1.29 is 0 Å². The molecule has 0 atom stereocenters. The zero-order valence-electron chi connectivity index (χ0n) is 6.07. The minimum atomic E-state index is 0.810. The van der Waals surface area contributed by atoms with Crippen molar-refractivity contribution in [2.45, 2.75) is 6.92 Å². The van der Waals surface area contributed by atoms with E-state index in [9.17, 15) is 0 Å². The molecule has 0 saturated carbocycles. The number of halogens is 2. The van der Waals surface area contributed by atoms with Crippen molar-refractivity contribution in [2.24, 2.45) is 0 Å². The second kappa shape index (κ2) is 5.57. The Morgan fingerprint density at radius 2 is 1.80 bits per heavy atom. The van der Waals surface area contributed by atoms with Gasteiger partial charge >= 0.3 is 0 Å². The molecule has 0 fully saturated rings. The largest absolute Gasteiger partial charge is 0.130 e. The number of aryl methyl sites for hydroxylation is 1. The Bertz CT molecular complexity index is 167. The van der Waals surface area contributed by atoms with Crippen LogP contribution in [0.5, 0.6) is 0 Å². The summed E-state index contributed by atoms with van der Waals surface area (Å²) < 4.78 is 0. The van der Waals surface area contributed by atoms with Crippen molar-refractivity contribution in [3.8, 4) is 0 Å². The van der Waals surface area contributed by atoms with E-state index in [1.54, 1.807) is 0 Å². The Balaban J connectivity index is 0.000000371. The van der Waals surface area contributed by atoms with Gasteiger partial charge < -0.3 is 0 Å². The average Bonchev–Trinajstić information content (AvgIpc) is 1.91. The highest BCUT2D eigenvalue weighted by Crippen LogP contribution is 2.08. The summed E-state index contributed by atoms with van der Waals surface area (Å²) in [5.74, 6) is 0. The van der Waals surface area contributed by atoms with Crippen LogP contribution in [0.2, 0.25) is 5.02 Å². The quantitative estimate of drug-likeness (QED) is 0.532. The van der Waals surface area contributed by atoms with E-state index < -0.39 is 0 Å². The number of rotatable bonds is 0. The standard InChI is InChI=1S/C7H7Cl.CH3Cl/c1-6-3-2-4-7(8)5-6;1-2/h2-5H,1H3;1H3. The molecule has 0 saturated heterocycles. The van der Waals surface area contributed by atoms with Crippen molar-refractivity contribution in [3.63, 3.8) is 0 Å². The first-order chi connectivity index (χ1) is 4.79. The summed E-state index contributed by atoms with van der Waals surface area (Å²) in [6, 6.07) is 7.76. The van der Waals surface area contributed by atoms with Gasteiger partial charge in [-0.15, -0.1) is 11.6 Å². The highest BCUT2D eigenvalue weighted by atomic mass is 35.5. The molecule has 0 bridgehead atoms. The number of benzene rings is 1. The summed E-state index contributed by atoms with van der Waals surface area (Å²) in [6.45, 7) is 2.02. The summed E-state index contributed by atoms with van der Waals surface area (Å²) in [5.41, 5.74) is 1.21. The Morgan fingerprint density at radius 1 is 1.20 bits per heavy atom. The van der Waals surface area contributed by atoms with Gasteiger partial charge in [0.2, 0.25) is 0 Å². The second-order valence-corrected chi connectivity index (χ2v) is 2.24. The number of hydrogen-bond donors (Lipinski definition) is 0. The summed E-state index contributed by atoms with van der Waals surface area (Å²) in [4.78, 5) is 0. The third-order valence-corrected chi connectivity index (χ3v) is 1.22. The molecule has 56 valence electrons. The summed E-state index contributed by atoms with van der Waals surface area (Å²) in [7, 11) is 0. The SMILES string of the molecule is CCl.Cc1cccc(Cl)c1. The number of alkyl halides is 1. The van der Waals surface area contributed by atoms with E-state index in [0.717, 1.165) is 5.02 Å². The molecular weight excluding hydrogens is 167 g/mol. The maximum absolute atomic E-state index is 5.64. The van der Waals surface area contributed by atoms with Crippen LogP contribution in [-0.4, -0.2) is 6.38 Å². The minimum Gasteiger partial charge on any atom is -0.130 e. The van der Waals surface area contributed by atoms with Gasteiger partial charge in [-0.1, -0.05) is 23.7 Å². The van der Waals surface area contributed by atoms with E-state index >= 15 is 0 Å². The van der Waals surface area contributed by atoms with Gasteiger partial charge in [0.25, 0.3) is 0 Å². The monoisotopic (exact) mass is 176 g/mol. The zero-order valence-corrected chi connectivity index (χ0v) is 7.58. The van der Waals surface area contributed by atoms with E-state index in [1.165, 1.54) is 11.9 Å². The Morgan fingerprint density at radius 3 is 2.10 bits per heavy atom. The molecule has 0 unspecified atom stereocenters. The normalized spacial score (nSPS) is 8.00. The van der Waals surface area contributed by atoms with Crippen LogP contribution in [0, 0.1) is 6.92 Å². The fourth-order valence-electron chi connectivity index (χ4n) is 0.606. The highest BCUT2D eigenvalue weighted by molar-refractivity contribution is 6.30. The lowest BCUT2D eigenvalue weighted by Gasteiger charge is -1.88. The van der Waals surface area contributed by atoms with E-state index in [1.807, 2.05) is 31.2 Å². The number of hydrogen-bond acceptors (Lipinski definition) is 0. The molecule has 0 nitrogen and oxygen atoms in total. The fourth-order valence-corrected chi connectivity index (χ4v) is 0.850. The van der Waals surface area contributed by atoms with E-state index in [-0.39, 0.29) is 0 Å². The first-order valence-corrected chi connectivity index (χ1v) is 4.02. The average molecular weight is 177 g/mol. The third kappa shape index (κ3) is 3.76. The Kier molecular flexibility index (Phi) is 5.46. The van der Waals surface area contributed by atoms with Crippen molar-refractivity contribution in [1.82, 2.24) is 0 Å². The van der Waals surface area contributed by atoms with Crippen LogP contribution in [-0.2, 0) is 0 Å². The predicted octanol–water partition coefficient (Wildman–Crippen LogP) is 3.50. The molecule has 2 heteroatoms. The second-order valence-electron chi connectivity index (χ2n) is 1.80. The summed E-state index contributed by atoms with van der Waals surface area (Å²) >= 11 is 10.3. The van der Waals surface area contributed by atoms with Crippen molar-refractivity contribution in [2.75, 3.05) is 6.38 Å². The predicted molar refractivity (Wildman–Crippen MR) is 48.0 cm³/mol. The topological polar surface area (TPSA) is 0 Å². The van der Waals surface area contributed by atoms with Crippen molar-refractivity contribution in [1.29, 1.82) is 0 Å². The lowest BCUT2D eigenvalue weighted by Crippen LogP contribution is -1.66. The third-order valence-electron chi connectivity index (χ3n) is 0.980. The molecule has 1 aromatic rings. The first-order valence-electron chi connectivity index (χ1n) is 2.89. The molecule has 0 amide bonds. The molecule has 1 aromatic carbocycles. The molecule has 1 rings (SSSR count). The summed E-state index contributed by atoms with van der Waals surface area (Å²) in [5, 5.41) is 0.810. The van der Waals surface area contributed by atoms with Crippen LogP contribution in [0.15, 0.2) is 24.3 Å². The van der Waals surface area contributed by atoms with Crippen LogP contribution in [0.25, 0.3) is 0 Å². The smallest absolute Gasteiger partial charge is 0.0408 e. The van der Waals surface area contributed by atoms with Gasteiger partial charge in [0.15, 0.2) is 0 Å². The molecule has 0 aliphatic rings. The minimum absolute atomic E-state index is 0.810. The van der Waals surface area contributed by atoms with Crippen molar-refractivity contribution >= 4 is 23.2 Å². The Hall–Kier alpha value is -0.200. The molecule has 0 heterocycles. The molecular formula is C8H10Cl2. The van der Waals surface area contributed by atoms with Gasteiger partial charge in [0, 0.05) is 11.4 Å². The molecule has 0 N–H and O–H groups in total. The van der Waals surface area contributed by atoms with Gasteiger partial charge in [-0.05, 0) is 24.6 Å². The van der Waals surface area contributed by atoms with Crippen LogP contribution < -0.4 is 0 Å². The first kappa shape index (κ1) is 9.80. The van der Waals surface area contributed by atoms with Crippen LogP contribution in [0.3, 0.4) is 0 Å². The van der Waals surface area contributed by atoms with Gasteiger partial charge in [0.1, 0.15) is 0 Å². The maximum Gasteiger partial charge on any atom is 0.0408 e. The lowest BCUT2D eigenvalue weighted by atomic mass is 10.2. The maximum atomic E-state index is 5.64. The molecule has 0 spiro atoms. The molecule has 0 aliphatic carbocycles. The van der Waals surface area contributed by atoms with E-state index in [2.05, 4.69) is 11.6 Å². The molecule has 0 aromatic heterocycles. The van der Waals surface area contributed by atoms with Crippen molar-refractivity contribution in [3.05, 3.63) is 34.9 Å². The van der Waals surface area contributed by atoms with Gasteiger partial charge in [0.05, 0.1) is 0 Å². The van der Waals surface area contributed by atoms with E-state index in [0.29, 0.717) is 0 Å². The summed E-state index contributed by atoms with van der Waals surface area (Å²) in [6.07, 6.45) is 1.47. The highest BCUT2D eigenvalue weighted by Gasteiger charge is 1.82. The lowest BCUT2D eigenvalue weighted by molar-refractivity contribution is 1.47. The fraction of sp³-hybridized carbons (Fsp3) is 0.250. The van der Waals surface area contributed by atoms with Gasteiger partial charge in [-0.25, -0.2) is 0 Å². The van der Waals surface area contributed by atoms with E-state index in [4.69, 9.17) is 11.6 Å². The van der Waals surface area contributed by atoms with Crippen LogP contribution in [0.4, 0.5) is 0 Å². The Labute approximate surface area is 71.8 Å². The molecule has 10 heavy (non-hydrogen) atoms. The molecule has 0 radical (unpaired) electrons. The van der Waals surface area contributed by atoms with Gasteiger partial charge in [-0.3, -0.25) is 0 Å². The molecule has 0 aliphatic heterocycles. The zero-order chi connectivity index (χ0) is 7.98. The van der Waals surface area contributed by atoms with Gasteiger partial charge in [-0.2, -0.15) is 0 Å². The van der Waals surface area contributed by atoms with Crippen LogP contribution in [0.1, 0.15) is 5.56 Å².